The van der Waals surface area contributed by atoms with Crippen LogP contribution in [0.25, 0.3) is 0 Å². The molecule has 0 aromatic rings. The Hall–Kier alpha value is -0.100. The normalized spacial score (nSPS) is 10.4. The summed E-state index contributed by atoms with van der Waals surface area (Å²) >= 11 is 0. The summed E-state index contributed by atoms with van der Waals surface area (Å²) in [5.74, 6) is -0.322. The summed E-state index contributed by atoms with van der Waals surface area (Å²) < 4.78 is 6.06. The van der Waals surface area contributed by atoms with Crippen LogP contribution in [0.5, 0.6) is 0 Å². The Labute approximate surface area is 116 Å². The Morgan fingerprint density at radius 1 is 1.25 bits per heavy atom. The van der Waals surface area contributed by atoms with Crippen molar-refractivity contribution in [1.29, 1.82) is 0 Å². The fourth-order valence-corrected chi connectivity index (χ4v) is 1.78. The number of carbonyl (C=O) groups excluding carboxylic acids is 1. The van der Waals surface area contributed by atoms with E-state index in [1.807, 2.05) is 0 Å². The monoisotopic (exact) mass is 341 g/mol. The van der Waals surface area contributed by atoms with Crippen LogP contribution < -0.4 is 24.0 Å². The van der Waals surface area contributed by atoms with Crippen molar-refractivity contribution in [3.8, 4) is 0 Å². The molecule has 0 aliphatic heterocycles. The van der Waals surface area contributed by atoms with Crippen molar-refractivity contribution in [2.75, 3.05) is 32.8 Å². The molecule has 0 amide bonds. The van der Waals surface area contributed by atoms with Gasteiger partial charge in [-0.3, -0.25) is 0 Å². The van der Waals surface area contributed by atoms with E-state index in [2.05, 4.69) is 27.4 Å². The number of quaternary nitrogens is 1. The summed E-state index contributed by atoms with van der Waals surface area (Å²) in [5.41, 5.74) is 0. The quantitative estimate of drug-likeness (QED) is 0.186. The summed E-state index contributed by atoms with van der Waals surface area (Å²) in [7, 11) is 0. The maximum Gasteiger partial charge on any atom is 0.330 e. The molecule has 4 heteroatoms. The predicted octanol–water partition coefficient (Wildman–Crippen LogP) is -1.01. The number of ether oxygens (including phenoxy) is 1. The predicted molar refractivity (Wildman–Crippen MR) is 62.5 cm³/mol. The van der Waals surface area contributed by atoms with Crippen molar-refractivity contribution in [3.63, 3.8) is 0 Å². The van der Waals surface area contributed by atoms with Crippen LogP contribution in [0.4, 0.5) is 0 Å². The molecule has 0 aromatic carbocycles. The van der Waals surface area contributed by atoms with Gasteiger partial charge < -0.3 is 33.2 Å². The molecule has 0 unspecified atom stereocenters. The number of esters is 1. The summed E-state index contributed by atoms with van der Waals surface area (Å²) in [6.45, 7) is 15.0. The molecular weight excluding hydrogens is 317 g/mol. The van der Waals surface area contributed by atoms with Crippen LogP contribution in [0, 0.1) is 0 Å². The topological polar surface area (TPSA) is 26.3 Å². The summed E-state index contributed by atoms with van der Waals surface area (Å²) in [6, 6.07) is 0. The molecule has 3 nitrogen and oxygen atoms in total. The van der Waals surface area contributed by atoms with E-state index in [-0.39, 0.29) is 29.9 Å². The summed E-state index contributed by atoms with van der Waals surface area (Å²) in [5, 5.41) is 0. The lowest BCUT2D eigenvalue weighted by Gasteiger charge is -2.35. The highest BCUT2D eigenvalue weighted by atomic mass is 127. The molecule has 0 aliphatic rings. The van der Waals surface area contributed by atoms with Crippen molar-refractivity contribution < 1.29 is 38.0 Å². The average Bonchev–Trinajstić information content (AvgIpc) is 2.30. The van der Waals surface area contributed by atoms with Crippen LogP contribution in [0.15, 0.2) is 12.7 Å². The zero-order valence-electron chi connectivity index (χ0n) is 10.7. The largest absolute Gasteiger partial charge is 1.00 e. The second-order valence-electron chi connectivity index (χ2n) is 3.74. The molecule has 0 N–H and O–H groups in total. The Morgan fingerprint density at radius 3 is 2.12 bits per heavy atom. The number of hydrogen-bond donors (Lipinski definition) is 0. The number of rotatable bonds is 8. The van der Waals surface area contributed by atoms with Crippen LogP contribution in [-0.4, -0.2) is 43.2 Å². The molecule has 0 bridgehead atoms. The van der Waals surface area contributed by atoms with E-state index in [1.54, 1.807) is 0 Å². The number of halogens is 1. The minimum Gasteiger partial charge on any atom is -1.00 e. The fourth-order valence-electron chi connectivity index (χ4n) is 1.78. The van der Waals surface area contributed by atoms with Crippen LogP contribution >= 0.6 is 0 Å². The van der Waals surface area contributed by atoms with Gasteiger partial charge in [-0.15, -0.1) is 0 Å². The number of hydrogen-bond acceptors (Lipinski definition) is 2. The van der Waals surface area contributed by atoms with E-state index in [0.717, 1.165) is 37.1 Å². The van der Waals surface area contributed by atoms with E-state index >= 15 is 0 Å². The van der Waals surface area contributed by atoms with Gasteiger partial charge in [-0.25, -0.2) is 4.79 Å². The van der Waals surface area contributed by atoms with Crippen molar-refractivity contribution in [2.45, 2.75) is 27.2 Å². The first-order valence-electron chi connectivity index (χ1n) is 5.78. The van der Waals surface area contributed by atoms with Gasteiger partial charge in [-0.2, -0.15) is 0 Å². The van der Waals surface area contributed by atoms with Crippen LogP contribution in [-0.2, 0) is 9.53 Å². The molecule has 0 spiro atoms. The van der Waals surface area contributed by atoms with Crippen LogP contribution in [0.2, 0.25) is 0 Å². The molecule has 0 saturated heterocycles. The van der Waals surface area contributed by atoms with Gasteiger partial charge in [0.25, 0.3) is 0 Å². The molecule has 0 radical (unpaired) electrons. The molecule has 0 aliphatic carbocycles. The van der Waals surface area contributed by atoms with Crippen molar-refractivity contribution in [3.05, 3.63) is 12.7 Å². The maximum atomic E-state index is 10.8. The molecule has 0 fully saturated rings. The fraction of sp³-hybridized carbons (Fsp3) is 0.750. The third-order valence-corrected chi connectivity index (χ3v) is 3.20. The van der Waals surface area contributed by atoms with E-state index in [1.165, 1.54) is 6.08 Å². The number of carbonyl (C=O) groups is 1. The highest BCUT2D eigenvalue weighted by molar-refractivity contribution is 5.81. The minimum absolute atomic E-state index is 0. The molecule has 0 aromatic heterocycles. The third-order valence-electron chi connectivity index (χ3n) is 3.20. The van der Waals surface area contributed by atoms with Crippen molar-refractivity contribution >= 4 is 5.97 Å². The molecule has 0 heterocycles. The third kappa shape index (κ3) is 6.48. The first kappa shape index (κ1) is 18.3. The van der Waals surface area contributed by atoms with E-state index in [0.29, 0.717) is 6.61 Å². The van der Waals surface area contributed by atoms with Crippen LogP contribution in [0.1, 0.15) is 27.2 Å². The van der Waals surface area contributed by atoms with Crippen LogP contribution in [0.3, 0.4) is 0 Å². The zero-order chi connectivity index (χ0) is 11.7. The Balaban J connectivity index is 0. The standard InChI is InChI=1S/C12H24NO2.HI/c1-5-12(14)15-11-9-10-13(6-2,7-3)8-4;/h5H,1,6-11H2,2-4H3;1H/q+1;/p-1. The van der Waals surface area contributed by atoms with Gasteiger partial charge in [-0.1, -0.05) is 6.58 Å². The molecule has 0 saturated carbocycles. The highest BCUT2D eigenvalue weighted by Gasteiger charge is 2.19. The lowest BCUT2D eigenvalue weighted by Crippen LogP contribution is -3.00. The van der Waals surface area contributed by atoms with Crippen molar-refractivity contribution in [2.24, 2.45) is 0 Å². The first-order valence-corrected chi connectivity index (χ1v) is 5.78. The number of nitrogens with zero attached hydrogens (tertiary/aromatic N) is 1. The van der Waals surface area contributed by atoms with E-state index < -0.39 is 0 Å². The van der Waals surface area contributed by atoms with Gasteiger partial charge in [0.2, 0.25) is 0 Å². The van der Waals surface area contributed by atoms with Gasteiger partial charge in [0.05, 0.1) is 32.8 Å². The smallest absolute Gasteiger partial charge is 0.330 e. The second kappa shape index (κ2) is 10.1. The Kier molecular flexibility index (Phi) is 11.5. The van der Waals surface area contributed by atoms with Crippen molar-refractivity contribution in [1.82, 2.24) is 0 Å². The van der Waals surface area contributed by atoms with Gasteiger partial charge >= 0.3 is 5.97 Å². The summed E-state index contributed by atoms with van der Waals surface area (Å²) in [6.07, 6.45) is 2.14. The van der Waals surface area contributed by atoms with Gasteiger partial charge in [0, 0.05) is 12.5 Å². The first-order chi connectivity index (χ1) is 7.14. The van der Waals surface area contributed by atoms with Gasteiger partial charge in [-0.05, 0) is 20.8 Å². The molecule has 96 valence electrons. The minimum atomic E-state index is -0.322. The zero-order valence-corrected chi connectivity index (χ0v) is 12.8. The lowest BCUT2D eigenvalue weighted by molar-refractivity contribution is -0.923. The van der Waals surface area contributed by atoms with Gasteiger partial charge in [0.1, 0.15) is 0 Å². The second-order valence-corrected chi connectivity index (χ2v) is 3.74. The van der Waals surface area contributed by atoms with E-state index in [9.17, 15) is 4.79 Å². The van der Waals surface area contributed by atoms with E-state index in [4.69, 9.17) is 4.74 Å². The highest BCUT2D eigenvalue weighted by Crippen LogP contribution is 2.07. The molecule has 0 rings (SSSR count). The summed E-state index contributed by atoms with van der Waals surface area (Å²) in [4.78, 5) is 10.8. The average molecular weight is 341 g/mol. The maximum absolute atomic E-state index is 10.8. The SMILES string of the molecule is C=CC(=O)OCCC[N+](CC)(CC)CC.[I-]. The molecule has 0 atom stereocenters. The molecule has 16 heavy (non-hydrogen) atoms. The van der Waals surface area contributed by atoms with Gasteiger partial charge in [0.15, 0.2) is 0 Å². The Bertz CT molecular complexity index is 195. The lowest BCUT2D eigenvalue weighted by atomic mass is 10.3. The molecular formula is C12H24INO2. The Morgan fingerprint density at radius 2 is 1.75 bits per heavy atom.